The number of hydrogen-bond donors (Lipinski definition) is 9. The number of aliphatic hydroxyl groups is 8. The number of allylic oxidation sites excluding steroid dienone is 1. The predicted molar refractivity (Wildman–Crippen MR) is 337 cm³/mol. The molecule has 2 rings (SSSR count). The van der Waals surface area contributed by atoms with Crippen molar-refractivity contribution < 1.29 is 64.6 Å². The Bertz CT molecular complexity index is 1440. The van der Waals surface area contributed by atoms with Crippen molar-refractivity contribution in [1.29, 1.82) is 0 Å². The van der Waals surface area contributed by atoms with Gasteiger partial charge in [0.25, 0.3) is 0 Å². The van der Waals surface area contributed by atoms with Crippen LogP contribution in [0.25, 0.3) is 0 Å². The molecule has 0 aliphatic carbocycles. The second kappa shape index (κ2) is 54.8. The van der Waals surface area contributed by atoms with Gasteiger partial charge in [-0.15, -0.1) is 0 Å². The van der Waals surface area contributed by atoms with Crippen molar-refractivity contribution in [3.05, 3.63) is 12.2 Å². The molecule has 0 saturated carbocycles. The number of rotatable bonds is 59. The van der Waals surface area contributed by atoms with Gasteiger partial charge >= 0.3 is 0 Å². The van der Waals surface area contributed by atoms with E-state index in [4.69, 9.17) is 18.9 Å². The van der Waals surface area contributed by atoms with Crippen LogP contribution in [0.4, 0.5) is 0 Å². The summed E-state index contributed by atoms with van der Waals surface area (Å²) < 4.78 is 22.9. The second-order valence-electron chi connectivity index (χ2n) is 25.4. The third-order valence-electron chi connectivity index (χ3n) is 17.7. The van der Waals surface area contributed by atoms with Crippen LogP contribution in [0.5, 0.6) is 0 Å². The van der Waals surface area contributed by atoms with Crippen LogP contribution < -0.4 is 5.32 Å². The molecule has 2 aliphatic rings. The lowest BCUT2D eigenvalue weighted by atomic mass is 9.97. The summed E-state index contributed by atoms with van der Waals surface area (Å²) >= 11 is 0. The third kappa shape index (κ3) is 39.4. The summed E-state index contributed by atoms with van der Waals surface area (Å²) in [7, 11) is 0. The van der Waals surface area contributed by atoms with Gasteiger partial charge in [-0.25, -0.2) is 0 Å². The molecule has 492 valence electrons. The first-order chi connectivity index (χ1) is 40.6. The van der Waals surface area contributed by atoms with Crippen LogP contribution in [-0.4, -0.2) is 140 Å². The number of carbonyl (C=O) groups is 1. The van der Waals surface area contributed by atoms with Gasteiger partial charge in [0.2, 0.25) is 5.91 Å². The number of nitrogens with one attached hydrogen (secondary N) is 1. The van der Waals surface area contributed by atoms with Crippen molar-refractivity contribution in [2.75, 3.05) is 19.8 Å². The predicted octanol–water partition coefficient (Wildman–Crippen LogP) is 14.2. The monoisotopic (exact) mass is 1180 g/mol. The molecule has 0 spiro atoms. The summed E-state index contributed by atoms with van der Waals surface area (Å²) in [5.74, 6) is -0.231. The number of hydrogen-bond acceptors (Lipinski definition) is 13. The Morgan fingerprint density at radius 3 is 1.11 bits per heavy atom. The standard InChI is InChI=1S/C69H133NO13/c1-3-5-7-9-11-13-15-17-19-21-23-25-27-29-30-32-34-36-38-40-42-44-46-48-50-52-58(73)57(56-80-68-66(79)64(77)67(60(55-72)82-68)83-69-65(78)63(76)62(75)59(54-71)81-69)70-61(74)53-51-49-47-45-43-41-39-37-35-33-31-28-26-24-22-20-18-16-14-12-10-8-6-4-2/h50,52,57-60,62-69,71-73,75-79H,3-49,51,53-56H2,1-2H3,(H,70,74)/b52-50+. The fraction of sp³-hybridized carbons (Fsp3) is 0.957. The third-order valence-corrected chi connectivity index (χ3v) is 17.7. The van der Waals surface area contributed by atoms with Gasteiger partial charge in [-0.3, -0.25) is 4.79 Å². The van der Waals surface area contributed by atoms with Gasteiger partial charge in [-0.2, -0.15) is 0 Å². The minimum absolute atomic E-state index is 0.231. The van der Waals surface area contributed by atoms with E-state index in [1.165, 1.54) is 263 Å². The normalized spacial score (nSPS) is 23.8. The molecule has 14 nitrogen and oxygen atoms in total. The van der Waals surface area contributed by atoms with E-state index in [-0.39, 0.29) is 18.9 Å². The van der Waals surface area contributed by atoms with E-state index < -0.39 is 86.8 Å². The summed E-state index contributed by atoms with van der Waals surface area (Å²) in [6, 6.07) is -0.911. The molecule has 1 amide bonds. The van der Waals surface area contributed by atoms with Crippen LogP contribution in [0, 0.1) is 0 Å². The molecule has 2 saturated heterocycles. The van der Waals surface area contributed by atoms with Crippen LogP contribution >= 0.6 is 0 Å². The van der Waals surface area contributed by atoms with Gasteiger partial charge in [0.15, 0.2) is 12.6 Å². The lowest BCUT2D eigenvalue weighted by Crippen LogP contribution is -2.65. The highest BCUT2D eigenvalue weighted by molar-refractivity contribution is 5.76. The van der Waals surface area contributed by atoms with E-state index in [9.17, 15) is 45.6 Å². The van der Waals surface area contributed by atoms with Crippen LogP contribution in [0.3, 0.4) is 0 Å². The van der Waals surface area contributed by atoms with Crippen molar-refractivity contribution >= 4 is 5.91 Å². The second-order valence-corrected chi connectivity index (χ2v) is 25.4. The zero-order valence-electron chi connectivity index (χ0n) is 53.5. The molecule has 0 aromatic heterocycles. The minimum Gasteiger partial charge on any atom is -0.394 e. The number of aliphatic hydroxyl groups excluding tert-OH is 8. The van der Waals surface area contributed by atoms with E-state index >= 15 is 0 Å². The van der Waals surface area contributed by atoms with E-state index in [2.05, 4.69) is 19.2 Å². The summed E-state index contributed by atoms with van der Waals surface area (Å²) in [6.07, 6.45) is 49.8. The Labute approximate surface area is 507 Å². The van der Waals surface area contributed by atoms with Crippen molar-refractivity contribution in [1.82, 2.24) is 5.32 Å². The lowest BCUT2D eigenvalue weighted by molar-refractivity contribution is -0.359. The average Bonchev–Trinajstić information content (AvgIpc) is 3.59. The summed E-state index contributed by atoms with van der Waals surface area (Å²) in [5.41, 5.74) is 0. The quantitative estimate of drug-likeness (QED) is 0.0204. The fourth-order valence-corrected chi connectivity index (χ4v) is 12.1. The molecule has 9 N–H and O–H groups in total. The Morgan fingerprint density at radius 1 is 0.422 bits per heavy atom. The largest absolute Gasteiger partial charge is 0.394 e. The molecule has 2 heterocycles. The van der Waals surface area contributed by atoms with Crippen molar-refractivity contribution in [2.45, 2.75) is 402 Å². The van der Waals surface area contributed by atoms with E-state index in [1.54, 1.807) is 6.08 Å². The number of amides is 1. The molecule has 12 atom stereocenters. The molecule has 0 bridgehead atoms. The molecule has 2 fully saturated rings. The van der Waals surface area contributed by atoms with Gasteiger partial charge in [0.05, 0.1) is 32.0 Å². The molecule has 14 heteroatoms. The SMILES string of the molecule is CCCCCCCCCCCCCCCCCCCCCCCCC/C=C/C(O)C(COC1OC(CO)C(OC2OC(CO)C(O)C(O)C2O)C(O)C1O)NC(=O)CCCCCCCCCCCCCCCCCCCCCCCCCC. The Morgan fingerprint density at radius 2 is 0.747 bits per heavy atom. The van der Waals surface area contributed by atoms with Gasteiger partial charge in [0, 0.05) is 6.42 Å². The maximum Gasteiger partial charge on any atom is 0.220 e. The minimum atomic E-state index is -1.79. The molecule has 0 aromatic rings. The lowest BCUT2D eigenvalue weighted by Gasteiger charge is -2.46. The van der Waals surface area contributed by atoms with Gasteiger partial charge in [0.1, 0.15) is 48.8 Å². The fourth-order valence-electron chi connectivity index (χ4n) is 12.1. The van der Waals surface area contributed by atoms with Crippen LogP contribution in [0.2, 0.25) is 0 Å². The average molecular weight is 1180 g/mol. The first-order valence-electron chi connectivity index (χ1n) is 35.4. The Hall–Kier alpha value is -1.27. The smallest absolute Gasteiger partial charge is 0.220 e. The highest BCUT2D eigenvalue weighted by Gasteiger charge is 2.51. The maximum atomic E-state index is 13.3. The summed E-state index contributed by atoms with van der Waals surface area (Å²) in [4.78, 5) is 13.3. The van der Waals surface area contributed by atoms with Crippen molar-refractivity contribution in [3.63, 3.8) is 0 Å². The Kier molecular flexibility index (Phi) is 51.4. The van der Waals surface area contributed by atoms with E-state index in [0.717, 1.165) is 38.5 Å². The highest BCUT2D eigenvalue weighted by Crippen LogP contribution is 2.30. The molecular weight excluding hydrogens is 1050 g/mol. The van der Waals surface area contributed by atoms with Crippen molar-refractivity contribution in [2.24, 2.45) is 0 Å². The van der Waals surface area contributed by atoms with Crippen molar-refractivity contribution in [3.8, 4) is 0 Å². The Balaban J connectivity index is 1.68. The molecule has 2 aliphatic heterocycles. The van der Waals surface area contributed by atoms with Gasteiger partial charge in [-0.1, -0.05) is 315 Å². The first-order valence-corrected chi connectivity index (χ1v) is 35.4. The maximum absolute atomic E-state index is 13.3. The molecular formula is C69H133NO13. The van der Waals surface area contributed by atoms with Crippen LogP contribution in [0.15, 0.2) is 12.2 Å². The summed E-state index contributed by atoms with van der Waals surface area (Å²) in [6.45, 7) is 2.86. The van der Waals surface area contributed by atoms with Gasteiger partial charge < -0.3 is 65.1 Å². The number of unbranched alkanes of at least 4 members (excludes halogenated alkanes) is 46. The first kappa shape index (κ1) is 77.8. The van der Waals surface area contributed by atoms with E-state index in [0.29, 0.717) is 6.42 Å². The molecule has 0 radical (unpaired) electrons. The van der Waals surface area contributed by atoms with Crippen LogP contribution in [0.1, 0.15) is 328 Å². The topological polar surface area (TPSA) is 228 Å². The number of ether oxygens (including phenoxy) is 4. The zero-order valence-corrected chi connectivity index (χ0v) is 53.5. The van der Waals surface area contributed by atoms with Crippen LogP contribution in [-0.2, 0) is 23.7 Å². The molecule has 0 aromatic carbocycles. The highest BCUT2D eigenvalue weighted by atomic mass is 16.7. The number of carbonyl (C=O) groups excluding carboxylic acids is 1. The van der Waals surface area contributed by atoms with Gasteiger partial charge in [-0.05, 0) is 19.3 Å². The molecule has 83 heavy (non-hydrogen) atoms. The van der Waals surface area contributed by atoms with E-state index in [1.807, 2.05) is 6.08 Å². The zero-order chi connectivity index (χ0) is 60.2. The summed E-state index contributed by atoms with van der Waals surface area (Å²) in [5, 5.41) is 87.5. The molecule has 12 unspecified atom stereocenters.